The van der Waals surface area contributed by atoms with Crippen molar-refractivity contribution in [2.24, 2.45) is 0 Å². The van der Waals surface area contributed by atoms with Crippen molar-refractivity contribution < 1.29 is 42.3 Å². The first-order chi connectivity index (χ1) is 16.8. The maximum absolute atomic E-state index is 12.4. The van der Waals surface area contributed by atoms with Gasteiger partial charge in [0.05, 0.1) is 10.9 Å². The summed E-state index contributed by atoms with van der Waals surface area (Å²) in [6.07, 6.45) is 16.3. The molecule has 5 nitrogen and oxygen atoms in total. The molecule has 2 aromatic carbocycles. The second-order valence-corrected chi connectivity index (χ2v) is 11.0. The summed E-state index contributed by atoms with van der Waals surface area (Å²) in [6.45, 7) is 4.36. The Labute approximate surface area is 231 Å². The number of carboxylic acids is 1. The number of benzene rings is 2. The molecule has 0 aromatic heterocycles. The van der Waals surface area contributed by atoms with E-state index >= 15 is 0 Å². The van der Waals surface area contributed by atoms with Crippen molar-refractivity contribution in [1.82, 2.24) is 0 Å². The van der Waals surface area contributed by atoms with Gasteiger partial charge in [0.1, 0.15) is 10.1 Å². The third-order valence-corrected chi connectivity index (χ3v) is 7.85. The molecular formula is C29H42O5SZn. The van der Waals surface area contributed by atoms with Gasteiger partial charge in [0.25, 0.3) is 0 Å². The maximum atomic E-state index is 12.4. The van der Waals surface area contributed by atoms with Crippen molar-refractivity contribution in [3.63, 3.8) is 0 Å². The predicted molar refractivity (Wildman–Crippen MR) is 140 cm³/mol. The zero-order valence-electron chi connectivity index (χ0n) is 22.3. The fourth-order valence-electron chi connectivity index (χ4n) is 5.08. The fourth-order valence-corrected chi connectivity index (χ4v) is 6.05. The molecule has 0 fully saturated rings. The summed E-state index contributed by atoms with van der Waals surface area (Å²) in [5.41, 5.74) is 0.744. The van der Waals surface area contributed by atoms with Crippen LogP contribution in [0.5, 0.6) is 0 Å². The van der Waals surface area contributed by atoms with Gasteiger partial charge in [-0.1, -0.05) is 115 Å². The van der Waals surface area contributed by atoms with Crippen molar-refractivity contribution in [3.05, 3.63) is 41.0 Å². The smallest absolute Gasteiger partial charge is 0.744 e. The average Bonchev–Trinajstić information content (AvgIpc) is 2.82. The van der Waals surface area contributed by atoms with Crippen LogP contribution in [0, 0.1) is 0 Å². The Hall–Kier alpha value is -1.30. The van der Waals surface area contributed by atoms with Gasteiger partial charge in [-0.25, -0.2) is 8.42 Å². The third kappa shape index (κ3) is 9.87. The van der Waals surface area contributed by atoms with E-state index in [9.17, 15) is 22.9 Å². The first-order valence-electron chi connectivity index (χ1n) is 13.6. The van der Waals surface area contributed by atoms with Crippen molar-refractivity contribution in [2.75, 3.05) is 0 Å². The van der Waals surface area contributed by atoms with E-state index in [4.69, 9.17) is 0 Å². The minimum absolute atomic E-state index is 0. The second-order valence-electron chi connectivity index (χ2n) is 9.69. The molecule has 2 rings (SSSR count). The minimum Gasteiger partial charge on any atom is -0.744 e. The Morgan fingerprint density at radius 3 is 1.56 bits per heavy atom. The predicted octanol–water partition coefficient (Wildman–Crippen LogP) is 6.69. The van der Waals surface area contributed by atoms with Crippen LogP contribution in [0.25, 0.3) is 10.8 Å². The zero-order chi connectivity index (χ0) is 25.7. The van der Waals surface area contributed by atoms with E-state index < -0.39 is 26.5 Å². The Morgan fingerprint density at radius 1 is 0.694 bits per heavy atom. The molecule has 0 aliphatic rings. The number of carboxylic acid groups (broad SMARTS) is 1. The van der Waals surface area contributed by atoms with Crippen LogP contribution >= 0.6 is 0 Å². The van der Waals surface area contributed by atoms with E-state index in [1.807, 2.05) is 12.1 Å². The second kappa shape index (κ2) is 17.3. The van der Waals surface area contributed by atoms with Gasteiger partial charge < -0.3 is 14.5 Å². The molecule has 2 aromatic rings. The number of aromatic carboxylic acids is 1. The quantitative estimate of drug-likeness (QED) is 0.113. The van der Waals surface area contributed by atoms with E-state index in [2.05, 4.69) is 13.8 Å². The van der Waals surface area contributed by atoms with Crippen LogP contribution in [0.1, 0.15) is 125 Å². The number of hydrogen-bond acceptors (Lipinski definition) is 5. The van der Waals surface area contributed by atoms with Crippen LogP contribution < -0.4 is 5.11 Å². The van der Waals surface area contributed by atoms with Crippen LogP contribution in [0.3, 0.4) is 0 Å². The van der Waals surface area contributed by atoms with Gasteiger partial charge in [0.2, 0.25) is 0 Å². The molecule has 0 aliphatic heterocycles. The molecule has 0 bridgehead atoms. The Morgan fingerprint density at radius 2 is 1.11 bits per heavy atom. The van der Waals surface area contributed by atoms with E-state index in [0.717, 1.165) is 55.9 Å². The molecule has 0 heterocycles. The molecule has 196 valence electrons. The van der Waals surface area contributed by atoms with Gasteiger partial charge in [-0.3, -0.25) is 0 Å². The zero-order valence-corrected chi connectivity index (χ0v) is 26.1. The number of aryl methyl sites for hydroxylation is 1. The standard InChI is InChI=1S/C29H44O5S.Zn/c1-3-5-7-9-11-13-15-19-24-23-20-17-18-21-25(23)27(29(30)31)28(35(32,33)34)26(24)22-16-14-12-10-8-6-4-2;/h17-18,20-21H,3-16,19,22H2,1-2H3,(H,30,31)(H,32,33,34);/q;+2/p-2. The Balaban J connectivity index is 0.00000648. The van der Waals surface area contributed by atoms with Gasteiger partial charge >= 0.3 is 19.5 Å². The van der Waals surface area contributed by atoms with E-state index in [1.165, 1.54) is 44.9 Å². The summed E-state index contributed by atoms with van der Waals surface area (Å²) in [6, 6.07) is 6.93. The summed E-state index contributed by atoms with van der Waals surface area (Å²) < 4.78 is 37.2. The van der Waals surface area contributed by atoms with Crippen LogP contribution in [0.2, 0.25) is 0 Å². The number of fused-ring (bicyclic) bond motifs is 1. The molecule has 36 heavy (non-hydrogen) atoms. The Bertz CT molecular complexity index is 1050. The number of carbonyl (C=O) groups is 1. The third-order valence-electron chi connectivity index (χ3n) is 6.90. The first-order valence-corrected chi connectivity index (χ1v) is 15.0. The van der Waals surface area contributed by atoms with Crippen molar-refractivity contribution >= 4 is 26.9 Å². The van der Waals surface area contributed by atoms with Gasteiger partial charge in [-0.15, -0.1) is 0 Å². The van der Waals surface area contributed by atoms with Crippen LogP contribution in [-0.2, 0) is 42.4 Å². The molecule has 7 heteroatoms. The fraction of sp³-hybridized carbons (Fsp3) is 0.621. The summed E-state index contributed by atoms with van der Waals surface area (Å²) in [5.74, 6) is -1.61. The van der Waals surface area contributed by atoms with Gasteiger partial charge in [0.15, 0.2) is 0 Å². The topological polar surface area (TPSA) is 97.3 Å². The molecular weight excluding hydrogens is 526 g/mol. The summed E-state index contributed by atoms with van der Waals surface area (Å²) in [5, 5.41) is 13.1. The first kappa shape index (κ1) is 32.7. The molecule has 0 radical (unpaired) electrons. The molecule has 0 aliphatic carbocycles. The Kier molecular flexibility index (Phi) is 15.7. The van der Waals surface area contributed by atoms with Crippen molar-refractivity contribution in [3.8, 4) is 0 Å². The molecule has 0 spiro atoms. The van der Waals surface area contributed by atoms with Crippen molar-refractivity contribution in [2.45, 2.75) is 121 Å². The van der Waals surface area contributed by atoms with Crippen LogP contribution in [-0.4, -0.2) is 18.9 Å². The SMILES string of the molecule is CCCCCCCCCc1c(S(=O)(=O)[O-])c(C(=O)[O-])c2ccccc2c1CCCCCCCCC.[Zn+2]. The van der Waals surface area contributed by atoms with Crippen LogP contribution in [0.15, 0.2) is 29.2 Å². The minimum atomic E-state index is -4.99. The molecule has 0 atom stereocenters. The molecule has 0 unspecified atom stereocenters. The largest absolute Gasteiger partial charge is 2.00 e. The maximum Gasteiger partial charge on any atom is 2.00 e. The summed E-state index contributed by atoms with van der Waals surface area (Å²) in [7, 11) is -4.99. The monoisotopic (exact) mass is 566 g/mol. The normalized spacial score (nSPS) is 11.5. The van der Waals surface area contributed by atoms with E-state index in [-0.39, 0.29) is 24.9 Å². The van der Waals surface area contributed by atoms with Gasteiger partial charge in [-0.2, -0.15) is 0 Å². The summed E-state index contributed by atoms with van der Waals surface area (Å²) >= 11 is 0. The molecule has 0 saturated heterocycles. The summed E-state index contributed by atoms with van der Waals surface area (Å²) in [4.78, 5) is 11.5. The average molecular weight is 568 g/mol. The molecule has 0 N–H and O–H groups in total. The van der Waals surface area contributed by atoms with E-state index in [0.29, 0.717) is 18.4 Å². The van der Waals surface area contributed by atoms with Gasteiger partial charge in [-0.05, 0) is 47.6 Å². The number of rotatable bonds is 18. The molecule has 0 saturated carbocycles. The number of hydrogen-bond donors (Lipinski definition) is 0. The number of unbranched alkanes of at least 4 members (excludes halogenated alkanes) is 12. The van der Waals surface area contributed by atoms with Gasteiger partial charge in [0, 0.05) is 5.56 Å². The van der Waals surface area contributed by atoms with Crippen molar-refractivity contribution in [1.29, 1.82) is 0 Å². The van der Waals surface area contributed by atoms with Crippen LogP contribution in [0.4, 0.5) is 0 Å². The molecule has 0 amide bonds. The number of carbonyl (C=O) groups excluding carboxylic acids is 1. The van der Waals surface area contributed by atoms with E-state index in [1.54, 1.807) is 12.1 Å².